The fraction of sp³-hybridized carbons (Fsp3) is 0.125. The highest BCUT2D eigenvalue weighted by Crippen LogP contribution is 2.31. The van der Waals surface area contributed by atoms with Crippen LogP contribution in [0.25, 0.3) is 17.5 Å². The first-order valence-corrected chi connectivity index (χ1v) is 11.3. The number of anilines is 3. The third-order valence-corrected chi connectivity index (χ3v) is 5.70. The van der Waals surface area contributed by atoms with Crippen LogP contribution in [-0.2, 0) is 16.1 Å². The average Bonchev–Trinajstić information content (AvgIpc) is 3.49. The standard InChI is InChI=1S/C24H21FN6O2S/c1-3-30-15-26-29-23(30)17-7-6-8-18(13-17)27-22(33)12-11-19-14-34-24(28-19)31(16(2)32)21-10-5-4-9-20(21)25/h4-15H,3H2,1-2H3,(H,27,33)/b12-11+. The molecule has 2 aromatic carbocycles. The van der Waals surface area contributed by atoms with Gasteiger partial charge in [-0.25, -0.2) is 9.37 Å². The lowest BCUT2D eigenvalue weighted by Crippen LogP contribution is -2.23. The first kappa shape index (κ1) is 23.0. The van der Waals surface area contributed by atoms with E-state index in [1.165, 1.54) is 47.4 Å². The third kappa shape index (κ3) is 5.07. The Bertz CT molecular complexity index is 1360. The molecule has 0 aliphatic rings. The summed E-state index contributed by atoms with van der Waals surface area (Å²) in [5.74, 6) is -0.523. The minimum Gasteiger partial charge on any atom is -0.322 e. The first-order chi connectivity index (χ1) is 16.5. The van der Waals surface area contributed by atoms with E-state index < -0.39 is 5.82 Å². The average molecular weight is 477 g/mol. The summed E-state index contributed by atoms with van der Waals surface area (Å²) in [6.07, 6.45) is 4.54. The van der Waals surface area contributed by atoms with Crippen molar-refractivity contribution < 1.29 is 14.0 Å². The second kappa shape index (κ2) is 10.2. The van der Waals surface area contributed by atoms with Gasteiger partial charge in [0.2, 0.25) is 11.8 Å². The van der Waals surface area contributed by atoms with Crippen LogP contribution in [-0.4, -0.2) is 31.6 Å². The Morgan fingerprint density at radius 1 is 1.21 bits per heavy atom. The molecule has 34 heavy (non-hydrogen) atoms. The van der Waals surface area contributed by atoms with Crippen LogP contribution in [0.4, 0.5) is 20.9 Å². The summed E-state index contributed by atoms with van der Waals surface area (Å²) in [5, 5.41) is 12.9. The number of nitrogens with one attached hydrogen (secondary N) is 1. The van der Waals surface area contributed by atoms with Gasteiger partial charge in [-0.15, -0.1) is 21.5 Å². The monoisotopic (exact) mass is 476 g/mol. The van der Waals surface area contributed by atoms with E-state index in [0.717, 1.165) is 12.1 Å². The van der Waals surface area contributed by atoms with Crippen LogP contribution < -0.4 is 10.2 Å². The fourth-order valence-electron chi connectivity index (χ4n) is 3.29. The van der Waals surface area contributed by atoms with E-state index in [1.54, 1.807) is 29.9 Å². The maximum atomic E-state index is 14.2. The molecule has 0 aliphatic heterocycles. The van der Waals surface area contributed by atoms with Crippen LogP contribution >= 0.6 is 11.3 Å². The number of para-hydroxylation sites is 1. The van der Waals surface area contributed by atoms with Crippen molar-refractivity contribution in [3.05, 3.63) is 77.8 Å². The predicted octanol–water partition coefficient (Wildman–Crippen LogP) is 4.90. The van der Waals surface area contributed by atoms with Gasteiger partial charge in [0.25, 0.3) is 0 Å². The van der Waals surface area contributed by atoms with Gasteiger partial charge >= 0.3 is 0 Å². The predicted molar refractivity (Wildman–Crippen MR) is 130 cm³/mol. The van der Waals surface area contributed by atoms with Crippen molar-refractivity contribution in [2.45, 2.75) is 20.4 Å². The van der Waals surface area contributed by atoms with Gasteiger partial charge in [-0.1, -0.05) is 24.3 Å². The van der Waals surface area contributed by atoms with Gasteiger partial charge in [0.1, 0.15) is 12.1 Å². The van der Waals surface area contributed by atoms with E-state index in [2.05, 4.69) is 20.5 Å². The topological polar surface area (TPSA) is 93.0 Å². The summed E-state index contributed by atoms with van der Waals surface area (Å²) in [4.78, 5) is 30.2. The zero-order chi connectivity index (χ0) is 24.1. The van der Waals surface area contributed by atoms with Crippen LogP contribution in [0.5, 0.6) is 0 Å². The molecule has 1 N–H and O–H groups in total. The molecule has 2 heterocycles. The SMILES string of the molecule is CCn1cnnc1-c1cccc(NC(=O)/C=C/c2csc(N(C(C)=O)c3ccccc3F)n2)c1. The van der Waals surface area contributed by atoms with Crippen molar-refractivity contribution in [3.63, 3.8) is 0 Å². The number of halogens is 1. The molecule has 172 valence electrons. The maximum Gasteiger partial charge on any atom is 0.248 e. The third-order valence-electron chi connectivity index (χ3n) is 4.86. The molecule has 0 saturated carbocycles. The molecule has 0 atom stereocenters. The summed E-state index contributed by atoms with van der Waals surface area (Å²) in [6, 6.07) is 13.3. The minimum atomic E-state index is -0.524. The van der Waals surface area contributed by atoms with Crippen LogP contribution in [0.1, 0.15) is 19.5 Å². The van der Waals surface area contributed by atoms with Crippen LogP contribution in [0.2, 0.25) is 0 Å². The van der Waals surface area contributed by atoms with Crippen molar-refractivity contribution in [3.8, 4) is 11.4 Å². The molecule has 4 rings (SSSR count). The fourth-order valence-corrected chi connectivity index (χ4v) is 4.13. The van der Waals surface area contributed by atoms with Gasteiger partial charge in [0, 0.05) is 36.2 Å². The zero-order valence-electron chi connectivity index (χ0n) is 18.5. The molecule has 2 aromatic heterocycles. The largest absolute Gasteiger partial charge is 0.322 e. The summed E-state index contributed by atoms with van der Waals surface area (Å²) in [5.41, 5.74) is 2.04. The summed E-state index contributed by atoms with van der Waals surface area (Å²) >= 11 is 1.18. The minimum absolute atomic E-state index is 0.122. The molecular weight excluding hydrogens is 455 g/mol. The number of benzene rings is 2. The van der Waals surface area contributed by atoms with Crippen molar-refractivity contribution in [2.75, 3.05) is 10.2 Å². The lowest BCUT2D eigenvalue weighted by Gasteiger charge is -2.18. The highest BCUT2D eigenvalue weighted by molar-refractivity contribution is 7.14. The second-order valence-electron chi connectivity index (χ2n) is 7.20. The highest BCUT2D eigenvalue weighted by Gasteiger charge is 2.20. The van der Waals surface area contributed by atoms with Crippen molar-refractivity contribution in [1.29, 1.82) is 0 Å². The number of hydrogen-bond donors (Lipinski definition) is 1. The number of amides is 2. The molecular formula is C24H21FN6O2S. The van der Waals surface area contributed by atoms with Crippen molar-refractivity contribution in [2.24, 2.45) is 0 Å². The molecule has 0 radical (unpaired) electrons. The van der Waals surface area contributed by atoms with Crippen LogP contribution in [0, 0.1) is 5.82 Å². The molecule has 10 heteroatoms. The van der Waals surface area contributed by atoms with E-state index in [1.807, 2.05) is 29.7 Å². The Labute approximate surface area is 199 Å². The number of hydrogen-bond acceptors (Lipinski definition) is 6. The molecule has 0 fully saturated rings. The van der Waals surface area contributed by atoms with E-state index in [4.69, 9.17) is 0 Å². The maximum absolute atomic E-state index is 14.2. The van der Waals surface area contributed by atoms with Crippen molar-refractivity contribution in [1.82, 2.24) is 19.7 Å². The number of carbonyl (C=O) groups excluding carboxylic acids is 2. The van der Waals surface area contributed by atoms with Gasteiger partial charge in [0.05, 0.1) is 11.4 Å². The van der Waals surface area contributed by atoms with Gasteiger partial charge in [-0.3, -0.25) is 14.5 Å². The number of aromatic nitrogens is 4. The Morgan fingerprint density at radius 2 is 2.03 bits per heavy atom. The van der Waals surface area contributed by atoms with Gasteiger partial charge in [-0.2, -0.15) is 0 Å². The van der Waals surface area contributed by atoms with E-state index >= 15 is 0 Å². The zero-order valence-corrected chi connectivity index (χ0v) is 19.3. The number of aryl methyl sites for hydroxylation is 1. The second-order valence-corrected chi connectivity index (χ2v) is 8.04. The molecule has 0 aliphatic carbocycles. The van der Waals surface area contributed by atoms with E-state index in [-0.39, 0.29) is 17.5 Å². The Balaban J connectivity index is 1.47. The summed E-state index contributed by atoms with van der Waals surface area (Å²) < 4.78 is 16.1. The van der Waals surface area contributed by atoms with Gasteiger partial charge in [-0.05, 0) is 37.3 Å². The highest BCUT2D eigenvalue weighted by atomic mass is 32.1. The quantitative estimate of drug-likeness (QED) is 0.383. The lowest BCUT2D eigenvalue weighted by molar-refractivity contribution is -0.116. The number of nitrogens with zero attached hydrogens (tertiary/aromatic N) is 5. The Hall–Kier alpha value is -4.18. The molecule has 0 spiro atoms. The number of carbonyl (C=O) groups is 2. The van der Waals surface area contributed by atoms with Gasteiger partial charge < -0.3 is 9.88 Å². The summed E-state index contributed by atoms with van der Waals surface area (Å²) in [7, 11) is 0. The smallest absolute Gasteiger partial charge is 0.248 e. The molecule has 0 unspecified atom stereocenters. The van der Waals surface area contributed by atoms with E-state index in [0.29, 0.717) is 22.3 Å². The normalized spacial score (nSPS) is 11.0. The Kier molecular flexibility index (Phi) is 6.88. The molecule has 2 amide bonds. The van der Waals surface area contributed by atoms with E-state index in [9.17, 15) is 14.0 Å². The number of rotatable bonds is 7. The van der Waals surface area contributed by atoms with Gasteiger partial charge in [0.15, 0.2) is 11.0 Å². The lowest BCUT2D eigenvalue weighted by atomic mass is 10.2. The first-order valence-electron chi connectivity index (χ1n) is 10.4. The van der Waals surface area contributed by atoms with Crippen LogP contribution in [0.15, 0.2) is 66.3 Å². The molecule has 8 nitrogen and oxygen atoms in total. The van der Waals surface area contributed by atoms with Crippen molar-refractivity contribution >= 4 is 45.7 Å². The molecule has 0 saturated heterocycles. The molecule has 4 aromatic rings. The molecule has 0 bridgehead atoms. The summed E-state index contributed by atoms with van der Waals surface area (Å²) in [6.45, 7) is 4.07. The van der Waals surface area contributed by atoms with Crippen LogP contribution in [0.3, 0.4) is 0 Å². The Morgan fingerprint density at radius 3 is 2.79 bits per heavy atom. The number of thiazole rings is 1.